The SMILES string of the molecule is C=C(C(C)C)[C@@H]1C=Cc2c(cn(C)c2C(=O)Nc2ccc(F)c(F)c2)S(=N)(=O)N1. The van der Waals surface area contributed by atoms with Gasteiger partial charge in [0.25, 0.3) is 5.91 Å². The van der Waals surface area contributed by atoms with Crippen LogP contribution in [0.1, 0.15) is 29.9 Å². The number of carbonyl (C=O) groups excluding carboxylic acids is 1. The van der Waals surface area contributed by atoms with Gasteiger partial charge in [0.15, 0.2) is 11.6 Å². The van der Waals surface area contributed by atoms with Crippen LogP contribution in [-0.2, 0) is 17.0 Å². The third kappa shape index (κ3) is 4.01. The van der Waals surface area contributed by atoms with Gasteiger partial charge in [0.2, 0.25) is 0 Å². The molecule has 3 N–H and O–H groups in total. The van der Waals surface area contributed by atoms with Crippen LogP contribution in [0.15, 0.2) is 47.5 Å². The maximum absolute atomic E-state index is 13.4. The lowest BCUT2D eigenvalue weighted by molar-refractivity contribution is 0.101. The average molecular weight is 420 g/mol. The van der Waals surface area contributed by atoms with E-state index in [1.807, 2.05) is 13.8 Å². The summed E-state index contributed by atoms with van der Waals surface area (Å²) >= 11 is 0. The zero-order valence-electron chi connectivity index (χ0n) is 16.3. The highest BCUT2D eigenvalue weighted by atomic mass is 32.2. The number of carbonyl (C=O) groups is 1. The van der Waals surface area contributed by atoms with Crippen molar-refractivity contribution in [2.75, 3.05) is 5.32 Å². The molecule has 3 rings (SSSR count). The molecule has 1 aromatic carbocycles. The van der Waals surface area contributed by atoms with Crippen LogP contribution in [0, 0.1) is 22.3 Å². The number of amides is 1. The maximum Gasteiger partial charge on any atom is 0.272 e. The highest BCUT2D eigenvalue weighted by molar-refractivity contribution is 7.90. The van der Waals surface area contributed by atoms with Gasteiger partial charge in [-0.2, -0.15) is 0 Å². The number of hydrogen-bond acceptors (Lipinski definition) is 3. The summed E-state index contributed by atoms with van der Waals surface area (Å²) in [5.74, 6) is -2.59. The standard InChI is InChI=1S/C20H22F2N4O2S/c1-11(2)12(3)17-8-6-14-18(29(23,28)25-17)10-26(4)19(14)20(27)24-13-5-7-15(21)16(22)9-13/h5-11,17H,3H2,1-2,4H3,(H,24,27)(H2,23,25,28)/t17-,29?/m0/s1. The van der Waals surface area contributed by atoms with Crippen LogP contribution in [-0.4, -0.2) is 20.7 Å². The summed E-state index contributed by atoms with van der Waals surface area (Å²) in [7, 11) is -1.82. The Morgan fingerprint density at radius 3 is 2.66 bits per heavy atom. The molecule has 29 heavy (non-hydrogen) atoms. The predicted octanol–water partition coefficient (Wildman–Crippen LogP) is 4.07. The van der Waals surface area contributed by atoms with Crippen molar-refractivity contribution in [3.8, 4) is 0 Å². The van der Waals surface area contributed by atoms with Crippen molar-refractivity contribution >= 4 is 27.6 Å². The summed E-state index contributed by atoms with van der Waals surface area (Å²) in [6.45, 7) is 7.90. The van der Waals surface area contributed by atoms with E-state index in [0.717, 1.165) is 17.7 Å². The van der Waals surface area contributed by atoms with E-state index in [-0.39, 0.29) is 22.2 Å². The number of aromatic nitrogens is 1. The van der Waals surface area contributed by atoms with Gasteiger partial charge in [-0.1, -0.05) is 38.2 Å². The van der Waals surface area contributed by atoms with Crippen molar-refractivity contribution in [2.45, 2.75) is 24.8 Å². The monoisotopic (exact) mass is 420 g/mol. The summed E-state index contributed by atoms with van der Waals surface area (Å²) in [5.41, 5.74) is 1.33. The molecule has 0 saturated carbocycles. The molecule has 1 aliphatic rings. The van der Waals surface area contributed by atoms with E-state index >= 15 is 0 Å². The first kappa shape index (κ1) is 20.9. The van der Waals surface area contributed by atoms with Gasteiger partial charge in [-0.05, 0) is 18.1 Å². The second-order valence-electron chi connectivity index (χ2n) is 7.19. The lowest BCUT2D eigenvalue weighted by Crippen LogP contribution is -2.34. The second-order valence-corrected chi connectivity index (χ2v) is 8.98. The fourth-order valence-corrected chi connectivity index (χ4v) is 4.58. The fourth-order valence-electron chi connectivity index (χ4n) is 3.09. The Hall–Kier alpha value is -2.78. The summed E-state index contributed by atoms with van der Waals surface area (Å²) in [6, 6.07) is 2.55. The second kappa shape index (κ2) is 7.57. The molecule has 1 aromatic heterocycles. The molecule has 2 atom stereocenters. The van der Waals surface area contributed by atoms with Crippen LogP contribution in [0.2, 0.25) is 0 Å². The Morgan fingerprint density at radius 1 is 1.34 bits per heavy atom. The van der Waals surface area contributed by atoms with E-state index in [1.165, 1.54) is 16.8 Å². The van der Waals surface area contributed by atoms with Crippen molar-refractivity contribution in [1.29, 1.82) is 4.78 Å². The van der Waals surface area contributed by atoms with Crippen molar-refractivity contribution in [1.82, 2.24) is 9.29 Å². The quantitative estimate of drug-likeness (QED) is 0.651. The van der Waals surface area contributed by atoms with E-state index < -0.39 is 33.5 Å². The predicted molar refractivity (Wildman–Crippen MR) is 109 cm³/mol. The van der Waals surface area contributed by atoms with Crippen molar-refractivity contribution in [3.63, 3.8) is 0 Å². The van der Waals surface area contributed by atoms with E-state index in [0.29, 0.717) is 5.56 Å². The van der Waals surface area contributed by atoms with Crippen molar-refractivity contribution in [3.05, 3.63) is 65.5 Å². The zero-order valence-corrected chi connectivity index (χ0v) is 17.1. The molecule has 1 unspecified atom stereocenters. The van der Waals surface area contributed by atoms with Crippen LogP contribution in [0.3, 0.4) is 0 Å². The lowest BCUT2D eigenvalue weighted by atomic mass is 9.97. The number of hydrogen-bond donors (Lipinski definition) is 3. The van der Waals surface area contributed by atoms with Crippen molar-refractivity contribution < 1.29 is 17.8 Å². The molecule has 0 fully saturated rings. The van der Waals surface area contributed by atoms with Gasteiger partial charge in [0.05, 0.1) is 10.9 Å². The number of aryl methyl sites for hydroxylation is 1. The summed E-state index contributed by atoms with van der Waals surface area (Å²) < 4.78 is 52.2. The smallest absolute Gasteiger partial charge is 0.272 e. The lowest BCUT2D eigenvalue weighted by Gasteiger charge is -2.20. The van der Waals surface area contributed by atoms with Crippen LogP contribution in [0.4, 0.5) is 14.5 Å². The molecule has 154 valence electrons. The molecule has 0 aliphatic carbocycles. The third-order valence-electron chi connectivity index (χ3n) is 4.78. The van der Waals surface area contributed by atoms with Gasteiger partial charge in [0.1, 0.15) is 15.6 Å². The minimum Gasteiger partial charge on any atom is -0.345 e. The van der Waals surface area contributed by atoms with Gasteiger partial charge >= 0.3 is 0 Å². The largest absolute Gasteiger partial charge is 0.345 e. The first-order chi connectivity index (χ1) is 13.5. The Bertz CT molecular complexity index is 1130. The number of nitrogens with one attached hydrogen (secondary N) is 3. The minimum absolute atomic E-state index is 0.0808. The molecule has 2 aromatic rings. The summed E-state index contributed by atoms with van der Waals surface area (Å²) in [5, 5.41) is 2.51. The average Bonchev–Trinajstić information content (AvgIpc) is 2.92. The van der Waals surface area contributed by atoms with Gasteiger partial charge in [-0.3, -0.25) is 4.79 Å². The zero-order chi connectivity index (χ0) is 21.5. The van der Waals surface area contributed by atoms with E-state index in [9.17, 15) is 17.8 Å². The van der Waals surface area contributed by atoms with Gasteiger partial charge in [-0.25, -0.2) is 22.5 Å². The van der Waals surface area contributed by atoms with Crippen LogP contribution < -0.4 is 10.0 Å². The molecular weight excluding hydrogens is 398 g/mol. The van der Waals surface area contributed by atoms with Crippen molar-refractivity contribution in [2.24, 2.45) is 13.0 Å². The normalized spacial score (nSPS) is 21.0. The number of nitrogens with zero attached hydrogens (tertiary/aromatic N) is 1. The van der Waals surface area contributed by atoms with E-state index in [2.05, 4.69) is 16.6 Å². The molecule has 0 radical (unpaired) electrons. The first-order valence-corrected chi connectivity index (χ1v) is 10.5. The Morgan fingerprint density at radius 2 is 2.03 bits per heavy atom. The van der Waals surface area contributed by atoms with Gasteiger partial charge < -0.3 is 9.88 Å². The third-order valence-corrected chi connectivity index (χ3v) is 6.31. The highest BCUT2D eigenvalue weighted by Crippen LogP contribution is 2.29. The van der Waals surface area contributed by atoms with E-state index in [4.69, 9.17) is 4.78 Å². The molecule has 0 bridgehead atoms. The highest BCUT2D eigenvalue weighted by Gasteiger charge is 2.29. The molecule has 1 aliphatic heterocycles. The number of fused-ring (bicyclic) bond motifs is 1. The first-order valence-electron chi connectivity index (χ1n) is 8.90. The summed E-state index contributed by atoms with van der Waals surface area (Å²) in [6.07, 6.45) is 4.82. The fraction of sp³-hybridized carbons (Fsp3) is 0.250. The molecule has 0 spiro atoms. The summed E-state index contributed by atoms with van der Waals surface area (Å²) in [4.78, 5) is 13.0. The Balaban J connectivity index is 2.02. The molecular formula is C20H22F2N4O2S. The maximum atomic E-state index is 13.4. The number of benzene rings is 1. The molecule has 9 heteroatoms. The van der Waals surface area contributed by atoms with Gasteiger partial charge in [0, 0.05) is 30.6 Å². The molecule has 0 saturated heterocycles. The topological polar surface area (TPSA) is 87.0 Å². The van der Waals surface area contributed by atoms with Crippen LogP contribution in [0.25, 0.3) is 6.08 Å². The molecule has 2 heterocycles. The van der Waals surface area contributed by atoms with E-state index in [1.54, 1.807) is 19.2 Å². The Kier molecular flexibility index (Phi) is 5.46. The van der Waals surface area contributed by atoms with Crippen LogP contribution in [0.5, 0.6) is 0 Å². The number of rotatable bonds is 4. The number of halogens is 2. The minimum atomic E-state index is -3.41. The van der Waals surface area contributed by atoms with Gasteiger partial charge in [-0.15, -0.1) is 0 Å². The number of anilines is 1. The van der Waals surface area contributed by atoms with Crippen LogP contribution >= 0.6 is 0 Å². The molecule has 1 amide bonds. The molecule has 6 nitrogen and oxygen atoms in total. The Labute approximate surface area is 168 Å².